The summed E-state index contributed by atoms with van der Waals surface area (Å²) in [5, 5.41) is 7.70. The van der Waals surface area contributed by atoms with E-state index in [1.165, 1.54) is 16.8 Å². The van der Waals surface area contributed by atoms with Crippen LogP contribution >= 0.6 is 0 Å². The zero-order chi connectivity index (χ0) is 25.7. The molecule has 0 bridgehead atoms. The topological polar surface area (TPSA) is 114 Å². The summed E-state index contributed by atoms with van der Waals surface area (Å²) in [7, 11) is 1.72. The van der Waals surface area contributed by atoms with Gasteiger partial charge in [-0.1, -0.05) is 60.7 Å². The average molecular weight is 484 g/mol. The molecule has 0 aliphatic rings. The number of hydrogen-bond acceptors (Lipinski definition) is 4. The summed E-state index contributed by atoms with van der Waals surface area (Å²) >= 11 is 0. The number of hydrogen-bond donors (Lipinski definition) is 3. The lowest BCUT2D eigenvalue weighted by Gasteiger charge is -2.11. The highest BCUT2D eigenvalue weighted by atomic mass is 16.2. The molecular weight excluding hydrogens is 458 g/mol. The molecule has 3 amide bonds. The Labute approximate surface area is 207 Å². The Morgan fingerprint density at radius 1 is 0.778 bits per heavy atom. The van der Waals surface area contributed by atoms with Crippen molar-refractivity contribution in [2.75, 3.05) is 10.6 Å². The van der Waals surface area contributed by atoms with Crippen LogP contribution < -0.4 is 21.5 Å². The molecule has 3 N–H and O–H groups in total. The molecule has 9 heteroatoms. The van der Waals surface area contributed by atoms with E-state index < -0.39 is 23.3 Å². The lowest BCUT2D eigenvalue weighted by molar-refractivity contribution is -0.136. The molecule has 9 nitrogen and oxygen atoms in total. The maximum atomic E-state index is 13.1. The number of aromatic nitrogens is 2. The maximum absolute atomic E-state index is 13.1. The first-order valence-electron chi connectivity index (χ1n) is 11.2. The van der Waals surface area contributed by atoms with Crippen LogP contribution in [0.5, 0.6) is 0 Å². The fourth-order valence-corrected chi connectivity index (χ4v) is 3.72. The molecule has 0 unspecified atom stereocenters. The van der Waals surface area contributed by atoms with Crippen LogP contribution in [0.2, 0.25) is 0 Å². The number of benzene rings is 3. The minimum atomic E-state index is -0.909. The normalized spacial score (nSPS) is 10.5. The van der Waals surface area contributed by atoms with Gasteiger partial charge < -0.3 is 16.0 Å². The number of nitrogens with zero attached hydrogens (tertiary/aromatic N) is 2. The molecule has 0 saturated heterocycles. The molecule has 1 heterocycles. The molecule has 0 spiro atoms. The van der Waals surface area contributed by atoms with Crippen molar-refractivity contribution in [1.29, 1.82) is 0 Å². The number of nitrogens with one attached hydrogen (secondary N) is 3. The number of carbonyl (C=O) groups is 3. The summed E-state index contributed by atoms with van der Waals surface area (Å²) in [4.78, 5) is 51.0. The summed E-state index contributed by atoms with van der Waals surface area (Å²) < 4.78 is 3.10. The molecule has 4 rings (SSSR count). The molecule has 0 aliphatic carbocycles. The number of amides is 3. The number of carbonyl (C=O) groups excluding carboxylic acids is 3. The molecule has 0 atom stereocenters. The van der Waals surface area contributed by atoms with Crippen molar-refractivity contribution < 1.29 is 14.4 Å². The minimum absolute atomic E-state index is 0.107. The van der Waals surface area contributed by atoms with Gasteiger partial charge >= 0.3 is 11.8 Å². The van der Waals surface area contributed by atoms with Gasteiger partial charge in [0.05, 0.1) is 22.6 Å². The lowest BCUT2D eigenvalue weighted by atomic mass is 10.1. The second kappa shape index (κ2) is 10.6. The van der Waals surface area contributed by atoms with Gasteiger partial charge in [0, 0.05) is 13.6 Å². The van der Waals surface area contributed by atoms with Gasteiger partial charge in [-0.3, -0.25) is 23.9 Å². The van der Waals surface area contributed by atoms with Crippen LogP contribution in [0.1, 0.15) is 21.6 Å². The number of para-hydroxylation sites is 2. The Balaban J connectivity index is 1.51. The van der Waals surface area contributed by atoms with Crippen LogP contribution in [-0.4, -0.2) is 27.1 Å². The highest BCUT2D eigenvalue weighted by Gasteiger charge is 2.22. The third kappa shape index (κ3) is 5.10. The van der Waals surface area contributed by atoms with Gasteiger partial charge in [0.1, 0.15) is 5.69 Å². The zero-order valence-corrected chi connectivity index (χ0v) is 19.8. The summed E-state index contributed by atoms with van der Waals surface area (Å²) in [6, 6.07) is 24.5. The molecule has 3 aromatic carbocycles. The second-order valence-corrected chi connectivity index (χ2v) is 8.06. The Morgan fingerprint density at radius 3 is 2.08 bits per heavy atom. The van der Waals surface area contributed by atoms with Crippen LogP contribution in [-0.2, 0) is 23.2 Å². The molecule has 1 aromatic heterocycles. The van der Waals surface area contributed by atoms with E-state index in [1.807, 2.05) is 48.5 Å². The first-order valence-corrected chi connectivity index (χ1v) is 11.2. The van der Waals surface area contributed by atoms with Gasteiger partial charge in [-0.25, -0.2) is 4.68 Å². The molecule has 0 radical (unpaired) electrons. The highest BCUT2D eigenvalue weighted by Crippen LogP contribution is 2.19. The number of rotatable bonds is 6. The first-order chi connectivity index (χ1) is 17.4. The van der Waals surface area contributed by atoms with Crippen LogP contribution in [0.4, 0.5) is 11.4 Å². The second-order valence-electron chi connectivity index (χ2n) is 8.06. The Kier molecular flexibility index (Phi) is 7.10. The molecule has 0 aliphatic heterocycles. The molecule has 36 heavy (non-hydrogen) atoms. The fraction of sp³-hybridized carbons (Fsp3) is 0.111. The van der Waals surface area contributed by atoms with Crippen molar-refractivity contribution in [3.8, 4) is 5.69 Å². The minimum Gasteiger partial charge on any atom is -0.344 e. The van der Waals surface area contributed by atoms with Crippen molar-refractivity contribution in [3.63, 3.8) is 0 Å². The summed E-state index contributed by atoms with van der Waals surface area (Å²) in [6.45, 7) is 1.91. The van der Waals surface area contributed by atoms with E-state index in [1.54, 1.807) is 42.9 Å². The predicted molar refractivity (Wildman–Crippen MR) is 137 cm³/mol. The van der Waals surface area contributed by atoms with Gasteiger partial charge in [-0.15, -0.1) is 0 Å². The van der Waals surface area contributed by atoms with E-state index >= 15 is 0 Å². The Morgan fingerprint density at radius 2 is 1.39 bits per heavy atom. The average Bonchev–Trinajstić information content (AvgIpc) is 3.11. The van der Waals surface area contributed by atoms with E-state index in [2.05, 4.69) is 16.0 Å². The van der Waals surface area contributed by atoms with Crippen LogP contribution in [0.3, 0.4) is 0 Å². The van der Waals surface area contributed by atoms with Crippen LogP contribution in [0.25, 0.3) is 5.69 Å². The SMILES string of the molecule is Cc1c(NC(=O)c2ccccc2NC(=O)C(=O)NCc2ccccc2)c(=O)n(-c2ccccc2)n1C. The van der Waals surface area contributed by atoms with Crippen molar-refractivity contribution in [2.45, 2.75) is 13.5 Å². The summed E-state index contributed by atoms with van der Waals surface area (Å²) in [6.07, 6.45) is 0. The van der Waals surface area contributed by atoms with Crippen molar-refractivity contribution in [1.82, 2.24) is 14.7 Å². The smallest absolute Gasteiger partial charge is 0.313 e. The van der Waals surface area contributed by atoms with E-state index in [0.29, 0.717) is 11.4 Å². The van der Waals surface area contributed by atoms with Gasteiger partial charge in [0.15, 0.2) is 0 Å². The number of anilines is 2. The Bertz CT molecular complexity index is 1470. The first kappa shape index (κ1) is 24.2. The molecule has 0 saturated carbocycles. The highest BCUT2D eigenvalue weighted by molar-refractivity contribution is 6.40. The third-order valence-electron chi connectivity index (χ3n) is 5.71. The van der Waals surface area contributed by atoms with Crippen molar-refractivity contribution >= 4 is 29.1 Å². The molecule has 0 fully saturated rings. The standard InChI is InChI=1S/C27H25N5O4/c1-18-23(27(36)32(31(18)2)20-13-7-4-8-14-20)30-24(33)21-15-9-10-16-22(21)29-26(35)25(34)28-17-19-11-5-3-6-12-19/h3-16H,17H2,1-2H3,(H,28,34)(H,29,35)(H,30,33). The van der Waals surface area contributed by atoms with E-state index in [9.17, 15) is 19.2 Å². The molecule has 182 valence electrons. The molecular formula is C27H25N5O4. The fourth-order valence-electron chi connectivity index (χ4n) is 3.72. The van der Waals surface area contributed by atoms with E-state index in [0.717, 1.165) is 5.56 Å². The van der Waals surface area contributed by atoms with Crippen molar-refractivity contribution in [2.24, 2.45) is 7.05 Å². The Hall–Kier alpha value is -4.92. The molecule has 4 aromatic rings. The van der Waals surface area contributed by atoms with E-state index in [-0.39, 0.29) is 23.5 Å². The van der Waals surface area contributed by atoms with Gasteiger partial charge in [-0.2, -0.15) is 0 Å². The lowest BCUT2D eigenvalue weighted by Crippen LogP contribution is -2.35. The van der Waals surface area contributed by atoms with Gasteiger partial charge in [-0.05, 0) is 36.8 Å². The monoisotopic (exact) mass is 483 g/mol. The predicted octanol–water partition coefficient (Wildman–Crippen LogP) is 2.99. The third-order valence-corrected chi connectivity index (χ3v) is 5.71. The van der Waals surface area contributed by atoms with Gasteiger partial charge in [0.2, 0.25) is 0 Å². The van der Waals surface area contributed by atoms with Crippen LogP contribution in [0, 0.1) is 6.92 Å². The van der Waals surface area contributed by atoms with Gasteiger partial charge in [0.25, 0.3) is 11.5 Å². The summed E-state index contributed by atoms with van der Waals surface area (Å²) in [5.74, 6) is -2.34. The quantitative estimate of drug-likeness (QED) is 0.366. The maximum Gasteiger partial charge on any atom is 0.313 e. The van der Waals surface area contributed by atoms with E-state index in [4.69, 9.17) is 0 Å². The van der Waals surface area contributed by atoms with Crippen molar-refractivity contribution in [3.05, 3.63) is 112 Å². The zero-order valence-electron chi connectivity index (χ0n) is 19.8. The largest absolute Gasteiger partial charge is 0.344 e. The summed E-state index contributed by atoms with van der Waals surface area (Å²) in [5.41, 5.74) is 2.03. The van der Waals surface area contributed by atoms with Crippen LogP contribution in [0.15, 0.2) is 89.7 Å².